The molecule has 3 aliphatic heterocycles. The van der Waals surface area contributed by atoms with E-state index in [1.54, 1.807) is 65.8 Å². The third-order valence-electron chi connectivity index (χ3n) is 13.3. The molecule has 0 aromatic rings. The largest absolute Gasteiger partial charge is 0.454 e. The smallest absolute Gasteiger partial charge is 0.331 e. The first-order chi connectivity index (χ1) is 34.1. The molecule has 10 atom stereocenters. The Bertz CT molecular complexity index is 1990. The molecular formula is C56H82N2O14. The molecule has 2 fully saturated rings. The lowest BCUT2D eigenvalue weighted by Crippen LogP contribution is -2.41. The highest BCUT2D eigenvalue weighted by molar-refractivity contribution is 5.98. The third kappa shape index (κ3) is 22.6. The van der Waals surface area contributed by atoms with Crippen LogP contribution in [0.2, 0.25) is 0 Å². The fourth-order valence-corrected chi connectivity index (χ4v) is 9.10. The van der Waals surface area contributed by atoms with Crippen LogP contribution in [0, 0.1) is 35.5 Å². The maximum absolute atomic E-state index is 12.8. The topological polar surface area (TPSA) is 238 Å². The number of imide groups is 2. The molecule has 3 heterocycles. The number of carbonyl (C=O) groups excluding carboxylic acids is 8. The minimum atomic E-state index is -0.975. The van der Waals surface area contributed by atoms with Gasteiger partial charge in [0.25, 0.3) is 0 Å². The van der Waals surface area contributed by atoms with Gasteiger partial charge in [-0.3, -0.25) is 39.4 Å². The molecule has 0 saturated carbocycles. The summed E-state index contributed by atoms with van der Waals surface area (Å²) < 4.78 is 22.2. The number of piperidine rings is 2. The quantitative estimate of drug-likeness (QED) is 0.0233. The summed E-state index contributed by atoms with van der Waals surface area (Å²) in [7, 11) is 3.03. The third-order valence-corrected chi connectivity index (χ3v) is 13.3. The van der Waals surface area contributed by atoms with Gasteiger partial charge in [-0.2, -0.15) is 0 Å². The van der Waals surface area contributed by atoms with E-state index in [1.165, 1.54) is 20.3 Å². The molecular weight excluding hydrogens is 925 g/mol. The molecule has 0 spiro atoms. The van der Waals surface area contributed by atoms with Gasteiger partial charge >= 0.3 is 11.9 Å². The lowest BCUT2D eigenvalue weighted by Gasteiger charge is -2.31. The number of unbranched alkanes of at least 4 members (excludes halogenated alkanes) is 1. The van der Waals surface area contributed by atoms with Gasteiger partial charge in [-0.25, -0.2) is 9.59 Å². The van der Waals surface area contributed by atoms with Crippen molar-refractivity contribution in [2.24, 2.45) is 35.5 Å². The van der Waals surface area contributed by atoms with Gasteiger partial charge in [0.2, 0.25) is 23.6 Å². The zero-order valence-corrected chi connectivity index (χ0v) is 43.8. The first-order valence-corrected chi connectivity index (χ1v) is 25.3. The van der Waals surface area contributed by atoms with Gasteiger partial charge in [0.05, 0.1) is 12.2 Å². The van der Waals surface area contributed by atoms with Crippen molar-refractivity contribution in [3.8, 4) is 0 Å². The van der Waals surface area contributed by atoms with Crippen molar-refractivity contribution >= 4 is 47.1 Å². The van der Waals surface area contributed by atoms with E-state index in [4.69, 9.17) is 18.9 Å². The van der Waals surface area contributed by atoms with Crippen LogP contribution in [0.25, 0.3) is 0 Å². The van der Waals surface area contributed by atoms with Crippen molar-refractivity contribution in [2.75, 3.05) is 14.2 Å². The van der Waals surface area contributed by atoms with Crippen LogP contribution in [0.15, 0.2) is 85.1 Å². The molecule has 0 aromatic heterocycles. The predicted octanol–water partition coefficient (Wildman–Crippen LogP) is 7.18. The van der Waals surface area contributed by atoms with Gasteiger partial charge in [0.1, 0.15) is 36.0 Å². The Balaban J connectivity index is 0.000000494. The van der Waals surface area contributed by atoms with Crippen LogP contribution < -0.4 is 10.6 Å². The molecule has 0 bridgehead atoms. The van der Waals surface area contributed by atoms with Crippen LogP contribution >= 0.6 is 0 Å². The second-order valence-corrected chi connectivity index (χ2v) is 19.3. The van der Waals surface area contributed by atoms with Gasteiger partial charge in [0, 0.05) is 88.6 Å². The van der Waals surface area contributed by atoms with Crippen molar-refractivity contribution < 1.29 is 67.5 Å². The SMILES string of the molecule is C=CCC/C=C/[C@H](OC)[C@@H](O)[C@H](C)[C@@H](OC(=O)C=C)/C(C)=C/[C@H](C)C(=O)CCCC1CC(=O)NC(=O)C1.CO[C@H]1/C=C/CC/C=C/C(=O)O[C@@H](/C(C)=C/[C@H](C)C(=O)CCCC2CC(=O)NC(=O)C2)[C@@H](C)[C@@H]1O. The number of allylic oxidation sites excluding steroid dienone is 6. The molecule has 2 saturated heterocycles. The minimum absolute atomic E-state index is 0.00727. The normalized spacial score (nSPS) is 24.3. The van der Waals surface area contributed by atoms with E-state index in [2.05, 4.69) is 23.8 Å². The van der Waals surface area contributed by atoms with Crippen LogP contribution in [-0.4, -0.2) is 108 Å². The highest BCUT2D eigenvalue weighted by Gasteiger charge is 2.35. The molecule has 400 valence electrons. The Morgan fingerprint density at radius 2 is 1.35 bits per heavy atom. The van der Waals surface area contributed by atoms with E-state index in [9.17, 15) is 48.6 Å². The Morgan fingerprint density at radius 1 is 0.819 bits per heavy atom. The van der Waals surface area contributed by atoms with Gasteiger partial charge in [0.15, 0.2) is 0 Å². The number of aliphatic hydroxyl groups excluding tert-OH is 2. The average Bonchev–Trinajstić information content (AvgIpc) is 3.32. The molecule has 3 aliphatic rings. The van der Waals surface area contributed by atoms with Gasteiger partial charge in [-0.1, -0.05) is 82.9 Å². The van der Waals surface area contributed by atoms with E-state index in [1.807, 2.05) is 24.3 Å². The maximum Gasteiger partial charge on any atom is 0.331 e. The molecule has 4 amide bonds. The van der Waals surface area contributed by atoms with E-state index in [-0.39, 0.29) is 47.0 Å². The molecule has 16 nitrogen and oxygen atoms in total. The van der Waals surface area contributed by atoms with Crippen molar-refractivity contribution in [1.82, 2.24) is 10.6 Å². The van der Waals surface area contributed by atoms with Crippen LogP contribution in [0.4, 0.5) is 0 Å². The minimum Gasteiger partial charge on any atom is -0.454 e. The number of methoxy groups -OCH3 is 2. The fourth-order valence-electron chi connectivity index (χ4n) is 9.10. The van der Waals surface area contributed by atoms with E-state index < -0.39 is 72.2 Å². The second-order valence-electron chi connectivity index (χ2n) is 19.3. The summed E-state index contributed by atoms with van der Waals surface area (Å²) in [6.45, 7) is 17.8. The molecule has 0 aliphatic carbocycles. The summed E-state index contributed by atoms with van der Waals surface area (Å²) in [5.74, 6) is -4.05. The maximum atomic E-state index is 12.8. The summed E-state index contributed by atoms with van der Waals surface area (Å²) in [5, 5.41) is 26.5. The van der Waals surface area contributed by atoms with E-state index in [0.29, 0.717) is 81.8 Å². The van der Waals surface area contributed by atoms with E-state index >= 15 is 0 Å². The zero-order chi connectivity index (χ0) is 53.9. The Hall–Kier alpha value is -5.42. The number of esters is 2. The highest BCUT2D eigenvalue weighted by atomic mass is 16.6. The van der Waals surface area contributed by atoms with Gasteiger partial charge in [-0.05, 0) is 88.2 Å². The summed E-state index contributed by atoms with van der Waals surface area (Å²) in [6.07, 6.45) is 19.7. The first-order valence-electron chi connectivity index (χ1n) is 25.3. The number of nitrogens with one attached hydrogen (secondary N) is 2. The molecule has 0 radical (unpaired) electrons. The lowest BCUT2D eigenvalue weighted by molar-refractivity contribution is -0.147. The number of rotatable bonds is 25. The van der Waals surface area contributed by atoms with Crippen molar-refractivity contribution in [3.63, 3.8) is 0 Å². The molecule has 0 unspecified atom stereocenters. The molecule has 4 N–H and O–H groups in total. The Morgan fingerprint density at radius 3 is 1.85 bits per heavy atom. The molecule has 3 rings (SSSR count). The number of cyclic esters (lactones) is 1. The molecule has 72 heavy (non-hydrogen) atoms. The van der Waals surface area contributed by atoms with Gasteiger partial charge < -0.3 is 29.2 Å². The standard InChI is InChI=1S/C29H43NO7.C27H39NO7/c1-7-9-10-11-15-24(36-6)28(35)21(5)29(37-27(34)8-2)20(4)16-19(3)23(31)14-12-13-22-17-25(32)30-26(33)18-22;1-17(21(29)11-9-10-20-15-23(30)28-24(31)16-20)14-18(2)27-19(3)26(33)22(34-4)12-7-5-6-8-13-25(32)35-27/h7-8,11,15-16,19,21-22,24,28-29,35H,1-2,9-10,12-14,17-18H2,3-6H3,(H,30,32,33);7-8,12-14,17,19-20,22,26-27,33H,5-6,9-11,15-16H2,1-4H3,(H,28,30,31)/b15-11+,20-16+;12-7+,13-8+,18-14+/t19-,21-,24-,28-,29-;17-,19-,22-,26-,27-/m00/s1. The number of carbonyl (C=O) groups is 8. The van der Waals surface area contributed by atoms with Crippen LogP contribution in [0.5, 0.6) is 0 Å². The van der Waals surface area contributed by atoms with Crippen molar-refractivity contribution in [3.05, 3.63) is 85.1 Å². The van der Waals surface area contributed by atoms with Crippen molar-refractivity contribution in [2.45, 2.75) is 168 Å². The van der Waals surface area contributed by atoms with E-state index in [0.717, 1.165) is 25.3 Å². The lowest BCUT2D eigenvalue weighted by atomic mass is 9.87. The number of hydrogen-bond donors (Lipinski definition) is 4. The number of hydrogen-bond acceptors (Lipinski definition) is 14. The van der Waals surface area contributed by atoms with Gasteiger partial charge in [-0.15, -0.1) is 6.58 Å². The number of ketones is 2. The first kappa shape index (κ1) is 62.7. The summed E-state index contributed by atoms with van der Waals surface area (Å²) in [4.78, 5) is 96.1. The number of amides is 4. The predicted molar refractivity (Wildman–Crippen MR) is 273 cm³/mol. The summed E-state index contributed by atoms with van der Waals surface area (Å²) in [6, 6.07) is 0. The summed E-state index contributed by atoms with van der Waals surface area (Å²) >= 11 is 0. The average molecular weight is 1010 g/mol. The number of Topliss-reactive ketones (excluding diaryl/α,β-unsaturated/α-hetero) is 2. The second kappa shape index (κ2) is 33.3. The highest BCUT2D eigenvalue weighted by Crippen LogP contribution is 2.28. The number of ether oxygens (including phenoxy) is 4. The van der Waals surface area contributed by atoms with Crippen LogP contribution in [-0.2, 0) is 57.3 Å². The van der Waals surface area contributed by atoms with Crippen LogP contribution in [0.1, 0.15) is 131 Å². The summed E-state index contributed by atoms with van der Waals surface area (Å²) in [5.41, 5.74) is 1.33. The Kier molecular flexibility index (Phi) is 29.0. The monoisotopic (exact) mass is 1010 g/mol. The molecule has 16 heteroatoms. The molecule has 0 aromatic carbocycles. The Labute approximate surface area is 426 Å². The van der Waals surface area contributed by atoms with Crippen molar-refractivity contribution in [1.29, 1.82) is 0 Å². The fraction of sp³-hybridized carbons (Fsp3) is 0.607. The number of aliphatic hydroxyl groups is 2. The van der Waals surface area contributed by atoms with Crippen LogP contribution in [0.3, 0.4) is 0 Å². The zero-order valence-electron chi connectivity index (χ0n) is 43.8.